The molecule has 0 unspecified atom stereocenters. The number of nitrogens with one attached hydrogen (secondary N) is 2. The highest BCUT2D eigenvalue weighted by Crippen LogP contribution is 2.41. The van der Waals surface area contributed by atoms with Crippen LogP contribution >= 0.6 is 0 Å². The van der Waals surface area contributed by atoms with E-state index in [9.17, 15) is 0 Å². The standard InChI is InChI=1S/C11H13N2/c1-2-6-10-9(5-1)12-11(13-10)7-3-4-8-11/h1-2,5,12-13H,3-4,7-8H2. The molecular weight excluding hydrogens is 160 g/mol. The molecule has 2 N–H and O–H groups in total. The number of hydrogen-bond donors (Lipinski definition) is 2. The zero-order valence-electron chi connectivity index (χ0n) is 7.56. The van der Waals surface area contributed by atoms with E-state index >= 15 is 0 Å². The van der Waals surface area contributed by atoms with Crippen LogP contribution in [0.25, 0.3) is 0 Å². The molecule has 2 heteroatoms. The Balaban J connectivity index is 1.96. The van der Waals surface area contributed by atoms with Crippen LogP contribution in [-0.2, 0) is 0 Å². The maximum atomic E-state index is 3.57. The Morgan fingerprint density at radius 3 is 2.85 bits per heavy atom. The Morgan fingerprint density at radius 1 is 1.23 bits per heavy atom. The Kier molecular flexibility index (Phi) is 1.34. The first kappa shape index (κ1) is 7.25. The first-order valence-corrected chi connectivity index (χ1v) is 4.95. The average molecular weight is 173 g/mol. The summed E-state index contributed by atoms with van der Waals surface area (Å²) in [5.41, 5.74) is 2.52. The lowest BCUT2D eigenvalue weighted by molar-refractivity contribution is 0.566. The van der Waals surface area contributed by atoms with E-state index in [1.54, 1.807) is 0 Å². The van der Waals surface area contributed by atoms with Crippen LogP contribution in [0.3, 0.4) is 0 Å². The number of fused-ring (bicyclic) bond motifs is 1. The van der Waals surface area contributed by atoms with E-state index in [1.165, 1.54) is 31.4 Å². The molecule has 0 amide bonds. The second kappa shape index (κ2) is 2.41. The molecular formula is C11H13N2. The molecule has 1 aliphatic carbocycles. The first-order chi connectivity index (χ1) is 6.38. The van der Waals surface area contributed by atoms with Crippen LogP contribution in [0.2, 0.25) is 0 Å². The van der Waals surface area contributed by atoms with Gasteiger partial charge in [-0.3, -0.25) is 0 Å². The van der Waals surface area contributed by atoms with Gasteiger partial charge in [-0.2, -0.15) is 0 Å². The SMILES string of the molecule is [c]1cccc2c1NC1(CCCC1)N2. The minimum atomic E-state index is 0.167. The van der Waals surface area contributed by atoms with Crippen LogP contribution in [0.4, 0.5) is 11.4 Å². The molecule has 2 nitrogen and oxygen atoms in total. The van der Waals surface area contributed by atoms with Gasteiger partial charge in [0.15, 0.2) is 0 Å². The van der Waals surface area contributed by atoms with Crippen molar-refractivity contribution in [3.8, 4) is 0 Å². The maximum absolute atomic E-state index is 3.57. The van der Waals surface area contributed by atoms with Gasteiger partial charge in [-0.15, -0.1) is 0 Å². The molecule has 67 valence electrons. The molecule has 1 aliphatic heterocycles. The summed E-state index contributed by atoms with van der Waals surface area (Å²) in [6.07, 6.45) is 5.12. The highest BCUT2D eigenvalue weighted by molar-refractivity contribution is 5.75. The Labute approximate surface area is 78.3 Å². The van der Waals surface area contributed by atoms with E-state index < -0.39 is 0 Å². The van der Waals surface area contributed by atoms with E-state index in [4.69, 9.17) is 0 Å². The van der Waals surface area contributed by atoms with E-state index in [0.29, 0.717) is 0 Å². The van der Waals surface area contributed by atoms with Gasteiger partial charge >= 0.3 is 0 Å². The second-order valence-corrected chi connectivity index (χ2v) is 4.00. The van der Waals surface area contributed by atoms with Gasteiger partial charge in [-0.1, -0.05) is 12.1 Å². The van der Waals surface area contributed by atoms with Crippen molar-refractivity contribution in [1.82, 2.24) is 0 Å². The minimum absolute atomic E-state index is 0.167. The van der Waals surface area contributed by atoms with Crippen LogP contribution in [0.5, 0.6) is 0 Å². The molecule has 1 aromatic carbocycles. The van der Waals surface area contributed by atoms with Gasteiger partial charge in [0.1, 0.15) is 5.66 Å². The minimum Gasteiger partial charge on any atom is -0.361 e. The number of para-hydroxylation sites is 1. The quantitative estimate of drug-likeness (QED) is 0.630. The fraction of sp³-hybridized carbons (Fsp3) is 0.455. The zero-order chi connectivity index (χ0) is 8.73. The third-order valence-corrected chi connectivity index (χ3v) is 3.05. The van der Waals surface area contributed by atoms with Gasteiger partial charge in [-0.25, -0.2) is 0 Å². The lowest BCUT2D eigenvalue weighted by Crippen LogP contribution is -2.38. The fourth-order valence-corrected chi connectivity index (χ4v) is 2.40. The Morgan fingerprint density at radius 2 is 2.08 bits per heavy atom. The topological polar surface area (TPSA) is 24.1 Å². The number of rotatable bonds is 0. The van der Waals surface area contributed by atoms with Crippen molar-refractivity contribution >= 4 is 11.4 Å². The molecule has 1 spiro atoms. The van der Waals surface area contributed by atoms with Crippen LogP contribution in [0, 0.1) is 6.07 Å². The average Bonchev–Trinajstić information content (AvgIpc) is 2.72. The maximum Gasteiger partial charge on any atom is 0.108 e. The molecule has 1 fully saturated rings. The van der Waals surface area contributed by atoms with Gasteiger partial charge in [0.05, 0.1) is 11.4 Å². The third kappa shape index (κ3) is 1.01. The van der Waals surface area contributed by atoms with Crippen molar-refractivity contribution in [2.24, 2.45) is 0 Å². The lowest BCUT2D eigenvalue weighted by Gasteiger charge is -2.24. The largest absolute Gasteiger partial charge is 0.361 e. The first-order valence-electron chi connectivity index (χ1n) is 4.95. The second-order valence-electron chi connectivity index (χ2n) is 4.00. The van der Waals surface area contributed by atoms with Crippen LogP contribution in [0.1, 0.15) is 25.7 Å². The van der Waals surface area contributed by atoms with Crippen molar-refractivity contribution in [1.29, 1.82) is 0 Å². The van der Waals surface area contributed by atoms with E-state index in [1.807, 2.05) is 12.1 Å². The summed E-state index contributed by atoms with van der Waals surface area (Å²) >= 11 is 0. The van der Waals surface area contributed by atoms with Gasteiger partial charge in [0, 0.05) is 6.07 Å². The van der Waals surface area contributed by atoms with Crippen molar-refractivity contribution in [3.63, 3.8) is 0 Å². The van der Waals surface area contributed by atoms with Gasteiger partial charge in [-0.05, 0) is 31.7 Å². The zero-order valence-corrected chi connectivity index (χ0v) is 7.56. The summed E-state index contributed by atoms with van der Waals surface area (Å²) in [5.74, 6) is 0. The molecule has 0 aromatic heterocycles. The van der Waals surface area contributed by atoms with Crippen molar-refractivity contribution in [2.75, 3.05) is 10.6 Å². The predicted octanol–water partition coefficient (Wildman–Crippen LogP) is 2.59. The molecule has 1 heterocycles. The van der Waals surface area contributed by atoms with Crippen molar-refractivity contribution in [3.05, 3.63) is 24.3 Å². The smallest absolute Gasteiger partial charge is 0.108 e. The van der Waals surface area contributed by atoms with E-state index in [2.05, 4.69) is 22.8 Å². The summed E-state index contributed by atoms with van der Waals surface area (Å²) in [7, 11) is 0. The molecule has 0 bridgehead atoms. The molecule has 0 saturated heterocycles. The van der Waals surface area contributed by atoms with Gasteiger partial charge < -0.3 is 10.6 Å². The number of hydrogen-bond acceptors (Lipinski definition) is 2. The summed E-state index contributed by atoms with van der Waals surface area (Å²) in [6.45, 7) is 0. The molecule has 1 aromatic rings. The summed E-state index contributed by atoms with van der Waals surface area (Å²) in [6, 6.07) is 9.33. The third-order valence-electron chi connectivity index (χ3n) is 3.05. The van der Waals surface area contributed by atoms with Crippen LogP contribution in [0.15, 0.2) is 18.2 Å². The van der Waals surface area contributed by atoms with Gasteiger partial charge in [0.25, 0.3) is 0 Å². The number of anilines is 2. The molecule has 0 atom stereocenters. The summed E-state index contributed by atoms with van der Waals surface area (Å²) in [5, 5.41) is 7.11. The summed E-state index contributed by atoms with van der Waals surface area (Å²) in [4.78, 5) is 0. The molecule has 3 rings (SSSR count). The van der Waals surface area contributed by atoms with E-state index in [0.717, 1.165) is 5.69 Å². The lowest BCUT2D eigenvalue weighted by atomic mass is 10.1. The van der Waals surface area contributed by atoms with Crippen LogP contribution in [-0.4, -0.2) is 5.66 Å². The molecule has 1 saturated carbocycles. The van der Waals surface area contributed by atoms with E-state index in [-0.39, 0.29) is 5.66 Å². The molecule has 2 aliphatic rings. The number of benzene rings is 1. The fourth-order valence-electron chi connectivity index (χ4n) is 2.40. The molecule has 1 radical (unpaired) electrons. The molecule has 13 heavy (non-hydrogen) atoms. The van der Waals surface area contributed by atoms with Crippen molar-refractivity contribution < 1.29 is 0 Å². The normalized spacial score (nSPS) is 22.5. The monoisotopic (exact) mass is 173 g/mol. The Hall–Kier alpha value is -1.18. The Bertz CT molecular complexity index is 300. The van der Waals surface area contributed by atoms with Crippen molar-refractivity contribution in [2.45, 2.75) is 31.3 Å². The highest BCUT2D eigenvalue weighted by Gasteiger charge is 2.38. The predicted molar refractivity (Wildman–Crippen MR) is 53.7 cm³/mol. The highest BCUT2D eigenvalue weighted by atomic mass is 15.3. The van der Waals surface area contributed by atoms with Crippen LogP contribution < -0.4 is 10.6 Å². The van der Waals surface area contributed by atoms with Gasteiger partial charge in [0.2, 0.25) is 0 Å². The summed E-state index contributed by atoms with van der Waals surface area (Å²) < 4.78 is 0.